The molecule has 7 aromatic carbocycles. The van der Waals surface area contributed by atoms with Crippen molar-refractivity contribution >= 4 is 196 Å². The number of alkyl halides is 1. The van der Waals surface area contributed by atoms with Crippen LogP contribution in [0.3, 0.4) is 0 Å². The summed E-state index contributed by atoms with van der Waals surface area (Å²) in [5, 5.41) is 8.72. The van der Waals surface area contributed by atoms with Crippen molar-refractivity contribution in [2.24, 2.45) is 0 Å². The molecule has 0 aromatic heterocycles. The Balaban J connectivity index is 0.000000236. The molecule has 149 heavy (non-hydrogen) atoms. The number of cyclic esters (lactones) is 7. The van der Waals surface area contributed by atoms with Gasteiger partial charge in [0.2, 0.25) is 6.54 Å². The zero-order chi connectivity index (χ0) is 108. The smallest absolute Gasteiger partial charge is 0.414 e. The van der Waals surface area contributed by atoms with Gasteiger partial charge in [-0.05, 0) is 214 Å². The molecule has 7 amide bonds. The second-order valence-electron chi connectivity index (χ2n) is 33.5. The third-order valence-corrected chi connectivity index (χ3v) is 32.8. The first-order chi connectivity index (χ1) is 70.8. The SMILES string of the molecule is C.CCOC(=O)C(C)(C)Sc1ccc(N2C[C@H](CC)OC2=O)cc1F.CCOP(=O)(CCSc1ccc(N2C[C@H](CC)OC2=O)cc1F)OCC.CC[C@H]1CN(c2ccc(SCC(C)=O)c(F)c2)C(=O)O1.CC[C@H]1CN(c2ccc(SCCCl)c(F)c2)C(=O)O1.CC[C@H]1CN(c2ccc(SCCO)c(F)c2)C(=O)O1.CC[C@H]1CN(c2ccc(SCCOC)c(F)c2)C(=O)O1.[C-]#[N+]CCSc1ccc(N2C[C@H](CC)OC2=O)cc1F. The Morgan fingerprint density at radius 3 is 0.872 bits per heavy atom. The molecule has 0 unspecified atom stereocenters. The van der Waals surface area contributed by atoms with Crippen LogP contribution in [0.1, 0.15) is 142 Å². The highest BCUT2D eigenvalue weighted by molar-refractivity contribution is 8.01. The predicted octanol–water partition coefficient (Wildman–Crippen LogP) is 26.2. The number of Topliss-reactive ketones (excluding diaryl/α,β-unsaturated/α-hetero) is 1. The van der Waals surface area contributed by atoms with Crippen LogP contribution in [0.5, 0.6) is 0 Å². The molecule has 0 saturated carbocycles. The predicted molar refractivity (Wildman–Crippen MR) is 575 cm³/mol. The van der Waals surface area contributed by atoms with Crippen molar-refractivity contribution < 1.29 is 135 Å². The first-order valence-corrected chi connectivity index (χ1v) is 57.3. The van der Waals surface area contributed by atoms with E-state index in [2.05, 4.69) is 4.85 Å². The average molecular weight is 2260 g/mol. The monoisotopic (exact) mass is 2250 g/mol. The van der Waals surface area contributed by atoms with E-state index < -0.39 is 78.4 Å². The van der Waals surface area contributed by atoms with Gasteiger partial charge in [0.05, 0.1) is 136 Å². The second-order valence-corrected chi connectivity index (χ2v) is 44.4. The van der Waals surface area contributed by atoms with Gasteiger partial charge >= 0.3 is 56.2 Å². The molecule has 1 N–H and O–H groups in total. The summed E-state index contributed by atoms with van der Waals surface area (Å²) in [4.78, 5) is 122. The second kappa shape index (κ2) is 63.8. The fraction of sp³-hybridized carbons (Fsp3) is 0.495. The first kappa shape index (κ1) is 126. The van der Waals surface area contributed by atoms with E-state index in [1.807, 2.05) is 48.5 Å². The number of esters is 1. The first-order valence-electron chi connectivity index (χ1n) is 48.3. The van der Waals surface area contributed by atoms with Crippen LogP contribution >= 0.6 is 102 Å². The van der Waals surface area contributed by atoms with Crippen LogP contribution in [-0.4, -0.2) is 246 Å². The number of methoxy groups -OCH3 is 1. The van der Waals surface area contributed by atoms with E-state index in [1.54, 1.807) is 127 Å². The fourth-order valence-electron chi connectivity index (χ4n) is 14.4. The Morgan fingerprint density at radius 1 is 0.403 bits per heavy atom. The highest BCUT2D eigenvalue weighted by Crippen LogP contribution is 2.49. The Morgan fingerprint density at radius 2 is 0.651 bits per heavy atom. The van der Waals surface area contributed by atoms with Crippen molar-refractivity contribution in [3.63, 3.8) is 0 Å². The summed E-state index contributed by atoms with van der Waals surface area (Å²) in [7, 11) is -1.52. The highest BCUT2D eigenvalue weighted by atomic mass is 35.5. The number of hydrogen-bond acceptors (Lipinski definition) is 29. The van der Waals surface area contributed by atoms with E-state index in [0.29, 0.717) is 187 Å². The topological polar surface area (TPSA) is 320 Å². The molecule has 46 heteroatoms. The zero-order valence-corrected chi connectivity index (χ0v) is 92.3. The lowest BCUT2D eigenvalue weighted by atomic mass is 10.2. The van der Waals surface area contributed by atoms with Gasteiger partial charge in [0, 0.05) is 70.3 Å². The maximum Gasteiger partial charge on any atom is 0.414 e. The summed E-state index contributed by atoms with van der Waals surface area (Å²) in [6.45, 7) is 35.3. The molecule has 7 fully saturated rings. The van der Waals surface area contributed by atoms with Crippen molar-refractivity contribution in [1.29, 1.82) is 0 Å². The maximum atomic E-state index is 14.4. The molecule has 7 aliphatic rings. The number of benzene rings is 7. The number of aliphatic hydroxyl groups excluding tert-OH is 1. The number of anilines is 7. The van der Waals surface area contributed by atoms with Crippen molar-refractivity contribution in [3.8, 4) is 0 Å². The Bertz CT molecular complexity index is 5610. The van der Waals surface area contributed by atoms with Gasteiger partial charge in [0.15, 0.2) is 0 Å². The Kier molecular flexibility index (Phi) is 54.0. The van der Waals surface area contributed by atoms with Crippen LogP contribution in [0.4, 0.5) is 104 Å². The van der Waals surface area contributed by atoms with Crippen molar-refractivity contribution in [3.05, 3.63) is 180 Å². The van der Waals surface area contributed by atoms with Crippen LogP contribution in [0, 0.1) is 47.3 Å². The Hall–Kier alpha value is -9.62. The number of ether oxygens (including phenoxy) is 9. The summed E-state index contributed by atoms with van der Waals surface area (Å²) in [5.74, 6) is 0.304. The lowest BCUT2D eigenvalue weighted by Gasteiger charge is -2.22. The van der Waals surface area contributed by atoms with Gasteiger partial charge in [0.1, 0.15) is 94.0 Å². The summed E-state index contributed by atoms with van der Waals surface area (Å²) in [6, 6.07) is 32.7. The minimum Gasteiger partial charge on any atom is -0.465 e. The molecular formula is C103H131ClF7N8O22PS7. The molecule has 7 aromatic rings. The van der Waals surface area contributed by atoms with Crippen molar-refractivity contribution in [1.82, 2.24) is 0 Å². The number of amides is 7. The zero-order valence-electron chi connectivity index (χ0n) is 84.9. The van der Waals surface area contributed by atoms with Gasteiger partial charge in [-0.1, -0.05) is 55.9 Å². The molecular weight excluding hydrogens is 2130 g/mol. The van der Waals surface area contributed by atoms with E-state index in [0.717, 1.165) is 62.0 Å². The highest BCUT2D eigenvalue weighted by Gasteiger charge is 2.40. The maximum absolute atomic E-state index is 14.4. The standard InChI is InChI=1S/C17H25FNO5PS.C17H22FNO4S.C14H15FN2O2S.C14H16FNO3S.C14H18FNO3S.C13H15ClFNO2S.C13H16FNO3S.CH4/c1-4-14-12-19(17(20)24-14)13-7-8-16(15(18)11-13)26-10-9-25(21,22-5-2)23-6-3;1-5-12-10-19(16(21)23-12)11-7-8-14(13(18)9-11)24-17(3,4)15(20)22-6-2;1-3-11-9-17(14(18)19-11)10-4-5-13(12(15)8-10)20-7-6-16-2;1-3-11-7-16(14(18)19-11)10-4-5-13(12(15)6-10)20-8-9(2)17;1-3-11-9-16(14(17)19-11)10-4-5-13(12(15)8-10)20-7-6-18-2;1-2-10-8-16(13(17)18-10)9-3-4-12(11(15)7-9)19-6-5-14;1-2-10-8-15(13(17)18-10)9-3-4-12(11(14)7-9)19-6-5-16;/h7-8,11,14H,4-6,9-10,12H2,1-3H3;7-9,12H,5-6,10H2,1-4H3;4-5,8,11H,3,6-7,9H2,1H3;4-6,11H,3,7-8H2,1-2H3;4-5,8,11H,3,6-7,9H2,1-2H3;3-4,7,10H,2,5-6,8H2,1H3;3-4,7,10,16H,2,5-6,8H2,1H3;1H4/t14-;12-;3*11-;2*10-;/m0000000./s1. The van der Waals surface area contributed by atoms with Gasteiger partial charge < -0.3 is 61.6 Å². The largest absolute Gasteiger partial charge is 0.465 e. The third kappa shape index (κ3) is 38.3. The fourth-order valence-corrected chi connectivity index (χ4v) is 22.2. The van der Waals surface area contributed by atoms with E-state index in [-0.39, 0.29) is 104 Å². The number of carbonyl (C=O) groups is 9. The summed E-state index contributed by atoms with van der Waals surface area (Å²) in [5.41, 5.74) is 3.50. The lowest BCUT2D eigenvalue weighted by Crippen LogP contribution is -2.30. The van der Waals surface area contributed by atoms with Crippen LogP contribution in [0.15, 0.2) is 162 Å². The number of ketones is 1. The molecule has 0 aliphatic carbocycles. The molecule has 7 atom stereocenters. The normalized spacial score (nSPS) is 18.1. The number of hydrogen-bond donors (Lipinski definition) is 1. The van der Waals surface area contributed by atoms with E-state index >= 15 is 0 Å². The van der Waals surface area contributed by atoms with Gasteiger partial charge in [-0.25, -0.2) is 70.9 Å². The van der Waals surface area contributed by atoms with E-state index in [1.165, 1.54) is 142 Å². The molecule has 14 rings (SSSR count). The summed E-state index contributed by atoms with van der Waals surface area (Å²) < 4.78 is 167. The van der Waals surface area contributed by atoms with E-state index in [4.69, 9.17) is 75.0 Å². The third-order valence-electron chi connectivity index (χ3n) is 22.4. The minimum absolute atomic E-state index is 0. The number of thioether (sulfide) groups is 7. The molecule has 7 heterocycles. The Labute approximate surface area is 901 Å². The van der Waals surface area contributed by atoms with Crippen molar-refractivity contribution in [2.75, 3.05) is 173 Å². The molecule has 0 spiro atoms. The lowest BCUT2D eigenvalue weighted by molar-refractivity contribution is -0.145. The van der Waals surface area contributed by atoms with Crippen LogP contribution in [-0.2, 0) is 65.8 Å². The quantitative estimate of drug-likeness (QED) is 0.00543. The number of halogens is 8. The number of nitrogens with zero attached hydrogens (tertiary/aromatic N) is 8. The minimum atomic E-state index is -3.13. The number of rotatable bonds is 42. The molecule has 30 nitrogen and oxygen atoms in total. The molecule has 0 bridgehead atoms. The van der Waals surface area contributed by atoms with Gasteiger partial charge in [-0.2, -0.15) is 0 Å². The van der Waals surface area contributed by atoms with Crippen LogP contribution in [0.25, 0.3) is 4.85 Å². The number of aliphatic hydroxyl groups is 1. The number of carbonyl (C=O) groups excluding carboxylic acids is 9. The molecule has 0 radical (unpaired) electrons. The summed E-state index contributed by atoms with van der Waals surface area (Å²) in [6.07, 6.45) is 1.41. The average Bonchev–Trinajstić information content (AvgIpc) is 1.72. The molecule has 7 saturated heterocycles. The van der Waals surface area contributed by atoms with Gasteiger partial charge in [-0.3, -0.25) is 48.5 Å². The van der Waals surface area contributed by atoms with Crippen LogP contribution in [0.2, 0.25) is 0 Å². The van der Waals surface area contributed by atoms with E-state index in [9.17, 15) is 78.4 Å². The van der Waals surface area contributed by atoms with Gasteiger partial charge in [0.25, 0.3) is 0 Å². The van der Waals surface area contributed by atoms with Crippen molar-refractivity contribution in [2.45, 2.75) is 224 Å². The molecule has 7 aliphatic heterocycles. The van der Waals surface area contributed by atoms with Gasteiger partial charge in [-0.15, -0.1) is 93.9 Å². The molecule has 818 valence electrons. The summed E-state index contributed by atoms with van der Waals surface area (Å²) >= 11 is 14.4. The van der Waals surface area contributed by atoms with Crippen LogP contribution < -0.4 is 34.3 Å².